The van der Waals surface area contributed by atoms with Crippen LogP contribution in [0.4, 0.5) is 16.4 Å². The van der Waals surface area contributed by atoms with E-state index >= 15 is 0 Å². The number of amides is 2. The van der Waals surface area contributed by atoms with Crippen molar-refractivity contribution < 1.29 is 13.2 Å². The molecule has 2 aliphatic heterocycles. The maximum atomic E-state index is 12.0. The van der Waals surface area contributed by atoms with E-state index in [1.165, 1.54) is 16.8 Å². The van der Waals surface area contributed by atoms with E-state index in [0.29, 0.717) is 12.4 Å². The standard InChI is InChI=1S/C14H22N6O3S/c1-24(22,23)20-7-3-2-4-10(20)8-17-14(21)19-12-9-16-13-11(18-12)5-6-15-13/h9-10H,2-8H2,1H3,(H,15,16)(H2,17,18,19,21). The maximum Gasteiger partial charge on any atom is 0.320 e. The van der Waals surface area contributed by atoms with Gasteiger partial charge in [0.2, 0.25) is 10.0 Å². The predicted molar refractivity (Wildman–Crippen MR) is 90.4 cm³/mol. The monoisotopic (exact) mass is 354 g/mol. The molecule has 1 fully saturated rings. The van der Waals surface area contributed by atoms with Crippen molar-refractivity contribution in [3.63, 3.8) is 0 Å². The first-order valence-electron chi connectivity index (χ1n) is 8.05. The van der Waals surface area contributed by atoms with Crippen molar-refractivity contribution in [2.75, 3.05) is 36.5 Å². The van der Waals surface area contributed by atoms with Crippen molar-refractivity contribution in [1.29, 1.82) is 0 Å². The number of nitrogens with one attached hydrogen (secondary N) is 3. The number of anilines is 2. The van der Waals surface area contributed by atoms with Gasteiger partial charge in [-0.05, 0) is 12.8 Å². The Bertz CT molecular complexity index is 723. The molecule has 0 bridgehead atoms. The molecule has 1 saturated heterocycles. The Morgan fingerprint density at radius 2 is 2.29 bits per heavy atom. The molecule has 9 nitrogen and oxygen atoms in total. The van der Waals surface area contributed by atoms with E-state index in [0.717, 1.165) is 43.7 Å². The summed E-state index contributed by atoms with van der Waals surface area (Å²) in [6, 6.07) is -0.607. The van der Waals surface area contributed by atoms with Gasteiger partial charge in [-0.15, -0.1) is 0 Å². The first kappa shape index (κ1) is 16.9. The molecule has 1 atom stereocenters. The second kappa shape index (κ2) is 6.89. The van der Waals surface area contributed by atoms with Crippen LogP contribution in [0.25, 0.3) is 0 Å². The summed E-state index contributed by atoms with van der Waals surface area (Å²) in [6.07, 6.45) is 6.06. The van der Waals surface area contributed by atoms with E-state index in [9.17, 15) is 13.2 Å². The molecular weight excluding hydrogens is 332 g/mol. The molecule has 132 valence electrons. The molecule has 0 saturated carbocycles. The molecule has 1 unspecified atom stereocenters. The molecule has 3 N–H and O–H groups in total. The Kier molecular flexibility index (Phi) is 4.86. The highest BCUT2D eigenvalue weighted by atomic mass is 32.2. The van der Waals surface area contributed by atoms with Gasteiger partial charge in [-0.2, -0.15) is 4.31 Å². The number of carbonyl (C=O) groups excluding carboxylic acids is 1. The lowest BCUT2D eigenvalue weighted by Gasteiger charge is -2.33. The Balaban J connectivity index is 1.55. The fourth-order valence-electron chi connectivity index (χ4n) is 3.09. The van der Waals surface area contributed by atoms with Crippen LogP contribution in [0.1, 0.15) is 25.0 Å². The summed E-state index contributed by atoms with van der Waals surface area (Å²) < 4.78 is 25.1. The Hall–Kier alpha value is -1.94. The number of sulfonamides is 1. The predicted octanol–water partition coefficient (Wildman–Crippen LogP) is 0.380. The van der Waals surface area contributed by atoms with Gasteiger partial charge in [0.05, 0.1) is 18.1 Å². The van der Waals surface area contributed by atoms with E-state index in [1.54, 1.807) is 0 Å². The lowest BCUT2D eigenvalue weighted by molar-refractivity contribution is 0.232. The number of nitrogens with zero attached hydrogens (tertiary/aromatic N) is 3. The molecule has 2 aliphatic rings. The number of hydrogen-bond acceptors (Lipinski definition) is 6. The van der Waals surface area contributed by atoms with Gasteiger partial charge in [0.25, 0.3) is 0 Å². The zero-order valence-electron chi connectivity index (χ0n) is 13.6. The van der Waals surface area contributed by atoms with Gasteiger partial charge in [-0.3, -0.25) is 5.32 Å². The second-order valence-electron chi connectivity index (χ2n) is 6.09. The van der Waals surface area contributed by atoms with Crippen LogP contribution in [0.3, 0.4) is 0 Å². The van der Waals surface area contributed by atoms with Crippen LogP contribution < -0.4 is 16.0 Å². The molecule has 0 aromatic carbocycles. The number of aromatic nitrogens is 2. The van der Waals surface area contributed by atoms with Gasteiger partial charge in [-0.25, -0.2) is 23.2 Å². The van der Waals surface area contributed by atoms with Crippen molar-refractivity contribution in [3.8, 4) is 0 Å². The third-order valence-corrected chi connectivity index (χ3v) is 5.57. The number of urea groups is 1. The minimum absolute atomic E-state index is 0.199. The first-order chi connectivity index (χ1) is 11.4. The van der Waals surface area contributed by atoms with Gasteiger partial charge in [0, 0.05) is 32.1 Å². The van der Waals surface area contributed by atoms with E-state index < -0.39 is 16.1 Å². The second-order valence-corrected chi connectivity index (χ2v) is 8.02. The smallest absolute Gasteiger partial charge is 0.320 e. The molecule has 3 rings (SSSR count). The summed E-state index contributed by atoms with van der Waals surface area (Å²) in [4.78, 5) is 20.6. The van der Waals surface area contributed by atoms with Crippen LogP contribution in [-0.2, 0) is 16.4 Å². The quantitative estimate of drug-likeness (QED) is 0.720. The molecular formula is C14H22N6O3S. The van der Waals surface area contributed by atoms with E-state index in [4.69, 9.17) is 0 Å². The van der Waals surface area contributed by atoms with Crippen LogP contribution in [0.15, 0.2) is 6.20 Å². The Labute approximate surface area is 141 Å². The summed E-state index contributed by atoms with van der Waals surface area (Å²) in [5.74, 6) is 1.14. The summed E-state index contributed by atoms with van der Waals surface area (Å²) >= 11 is 0. The van der Waals surface area contributed by atoms with Gasteiger partial charge >= 0.3 is 6.03 Å². The van der Waals surface area contributed by atoms with Crippen LogP contribution in [-0.4, -0.2) is 60.7 Å². The van der Waals surface area contributed by atoms with Crippen LogP contribution >= 0.6 is 0 Å². The van der Waals surface area contributed by atoms with Gasteiger partial charge < -0.3 is 10.6 Å². The van der Waals surface area contributed by atoms with Gasteiger partial charge in [0.15, 0.2) is 5.82 Å². The van der Waals surface area contributed by atoms with Gasteiger partial charge in [-0.1, -0.05) is 6.42 Å². The summed E-state index contributed by atoms with van der Waals surface area (Å²) in [6.45, 7) is 1.59. The third kappa shape index (κ3) is 3.93. The summed E-state index contributed by atoms with van der Waals surface area (Å²) in [5.41, 5.74) is 0.836. The highest BCUT2D eigenvalue weighted by molar-refractivity contribution is 7.88. The molecule has 0 spiro atoms. The topological polar surface area (TPSA) is 116 Å². The third-order valence-electron chi connectivity index (χ3n) is 4.24. The first-order valence-corrected chi connectivity index (χ1v) is 9.90. The average Bonchev–Trinajstić information content (AvgIpc) is 3.00. The van der Waals surface area contributed by atoms with Crippen LogP contribution in [0, 0.1) is 0 Å². The van der Waals surface area contributed by atoms with Crippen LogP contribution in [0.5, 0.6) is 0 Å². The van der Waals surface area contributed by atoms with Crippen molar-refractivity contribution in [1.82, 2.24) is 19.6 Å². The van der Waals surface area contributed by atoms with Crippen LogP contribution in [0.2, 0.25) is 0 Å². The highest BCUT2D eigenvalue weighted by Crippen LogP contribution is 2.20. The zero-order chi connectivity index (χ0) is 17.2. The number of hydrogen-bond donors (Lipinski definition) is 3. The number of rotatable bonds is 4. The van der Waals surface area contributed by atoms with E-state index in [1.807, 2.05) is 0 Å². The average molecular weight is 354 g/mol. The minimum atomic E-state index is -3.26. The minimum Gasteiger partial charge on any atom is -0.368 e. The Morgan fingerprint density at radius 1 is 1.46 bits per heavy atom. The SMILES string of the molecule is CS(=O)(=O)N1CCCCC1CNC(=O)Nc1cnc2c(n1)CCN2. The van der Waals surface area contributed by atoms with Crippen molar-refractivity contribution >= 4 is 27.7 Å². The van der Waals surface area contributed by atoms with E-state index in [2.05, 4.69) is 25.9 Å². The fourth-order valence-corrected chi connectivity index (χ4v) is 4.28. The molecule has 0 radical (unpaired) electrons. The van der Waals surface area contributed by atoms with Crippen molar-refractivity contribution in [3.05, 3.63) is 11.9 Å². The molecule has 0 aliphatic carbocycles. The molecule has 3 heterocycles. The maximum absolute atomic E-state index is 12.0. The lowest BCUT2D eigenvalue weighted by Crippen LogP contribution is -2.49. The van der Waals surface area contributed by atoms with Gasteiger partial charge in [0.1, 0.15) is 5.82 Å². The summed E-state index contributed by atoms with van der Waals surface area (Å²) in [7, 11) is -3.26. The largest absolute Gasteiger partial charge is 0.368 e. The Morgan fingerprint density at radius 3 is 3.08 bits per heavy atom. The molecule has 24 heavy (non-hydrogen) atoms. The lowest BCUT2D eigenvalue weighted by atomic mass is 10.1. The fraction of sp³-hybridized carbons (Fsp3) is 0.643. The molecule has 1 aromatic rings. The van der Waals surface area contributed by atoms with E-state index in [-0.39, 0.29) is 12.6 Å². The summed E-state index contributed by atoms with van der Waals surface area (Å²) in [5, 5.41) is 8.48. The van der Waals surface area contributed by atoms with Crippen molar-refractivity contribution in [2.45, 2.75) is 31.7 Å². The number of fused-ring (bicyclic) bond motifs is 1. The number of carbonyl (C=O) groups is 1. The molecule has 10 heteroatoms. The zero-order valence-corrected chi connectivity index (χ0v) is 14.4. The highest BCUT2D eigenvalue weighted by Gasteiger charge is 2.29. The molecule has 2 amide bonds. The van der Waals surface area contributed by atoms with Crippen molar-refractivity contribution in [2.24, 2.45) is 0 Å². The normalized spacial score (nSPS) is 21.0. The molecule has 1 aromatic heterocycles. The number of piperidine rings is 1.